The monoisotopic (exact) mass is 211 g/mol. The van der Waals surface area contributed by atoms with Crippen LogP contribution >= 0.6 is 11.3 Å². The molecule has 1 aromatic heterocycles. The number of rotatable bonds is 6. The molecular formula is C12H21NS. The molecule has 1 N–H and O–H groups in total. The van der Waals surface area contributed by atoms with Crippen LogP contribution in [0.15, 0.2) is 6.07 Å². The largest absolute Gasteiger partial charge is 0.320 e. The van der Waals surface area contributed by atoms with Crippen molar-refractivity contribution in [3.63, 3.8) is 0 Å². The Morgan fingerprint density at radius 1 is 1.21 bits per heavy atom. The van der Waals surface area contributed by atoms with Crippen molar-refractivity contribution in [3.8, 4) is 0 Å². The molecule has 14 heavy (non-hydrogen) atoms. The van der Waals surface area contributed by atoms with E-state index in [1.807, 2.05) is 18.4 Å². The molecule has 2 heteroatoms. The van der Waals surface area contributed by atoms with Crippen LogP contribution < -0.4 is 5.32 Å². The zero-order valence-electron chi connectivity index (χ0n) is 9.52. The van der Waals surface area contributed by atoms with E-state index in [0.717, 1.165) is 6.54 Å². The van der Waals surface area contributed by atoms with Gasteiger partial charge in [-0.3, -0.25) is 0 Å². The van der Waals surface area contributed by atoms with Crippen molar-refractivity contribution in [3.05, 3.63) is 21.4 Å². The Morgan fingerprint density at radius 3 is 2.57 bits per heavy atom. The molecule has 0 bridgehead atoms. The smallest absolute Gasteiger partial charge is 0.00490 e. The van der Waals surface area contributed by atoms with Crippen molar-refractivity contribution in [1.82, 2.24) is 5.32 Å². The zero-order valence-corrected chi connectivity index (χ0v) is 10.3. The van der Waals surface area contributed by atoms with Gasteiger partial charge in [-0.25, -0.2) is 0 Å². The SMILES string of the molecule is CNCCCCCc1cc(C)sc1C. The van der Waals surface area contributed by atoms with Crippen LogP contribution in [0.4, 0.5) is 0 Å². The van der Waals surface area contributed by atoms with Crippen molar-refractivity contribution < 1.29 is 0 Å². The maximum absolute atomic E-state index is 3.18. The third-order valence-electron chi connectivity index (χ3n) is 2.52. The summed E-state index contributed by atoms with van der Waals surface area (Å²) >= 11 is 1.93. The second kappa shape index (κ2) is 6.20. The summed E-state index contributed by atoms with van der Waals surface area (Å²) in [6.07, 6.45) is 5.24. The first-order chi connectivity index (χ1) is 6.74. The molecule has 1 rings (SSSR count). The van der Waals surface area contributed by atoms with Gasteiger partial charge in [-0.05, 0) is 58.3 Å². The van der Waals surface area contributed by atoms with Gasteiger partial charge in [0.15, 0.2) is 0 Å². The van der Waals surface area contributed by atoms with Crippen LogP contribution in [0.25, 0.3) is 0 Å². The van der Waals surface area contributed by atoms with Crippen molar-refractivity contribution in [1.29, 1.82) is 0 Å². The summed E-state index contributed by atoms with van der Waals surface area (Å²) in [5.74, 6) is 0. The van der Waals surface area contributed by atoms with Crippen LogP contribution in [0.5, 0.6) is 0 Å². The van der Waals surface area contributed by atoms with Crippen LogP contribution in [-0.4, -0.2) is 13.6 Å². The van der Waals surface area contributed by atoms with Crippen molar-refractivity contribution in [2.75, 3.05) is 13.6 Å². The quantitative estimate of drug-likeness (QED) is 0.712. The molecule has 0 unspecified atom stereocenters. The summed E-state index contributed by atoms with van der Waals surface area (Å²) in [4.78, 5) is 2.96. The lowest BCUT2D eigenvalue weighted by Gasteiger charge is -2.00. The summed E-state index contributed by atoms with van der Waals surface area (Å²) in [5, 5.41) is 3.18. The molecule has 1 aromatic rings. The molecule has 0 aromatic carbocycles. The molecule has 80 valence electrons. The Labute approximate surface area is 91.5 Å². The van der Waals surface area contributed by atoms with E-state index < -0.39 is 0 Å². The van der Waals surface area contributed by atoms with Gasteiger partial charge in [-0.15, -0.1) is 11.3 Å². The van der Waals surface area contributed by atoms with Crippen molar-refractivity contribution in [2.24, 2.45) is 0 Å². The van der Waals surface area contributed by atoms with Gasteiger partial charge < -0.3 is 5.32 Å². The minimum absolute atomic E-state index is 1.15. The summed E-state index contributed by atoms with van der Waals surface area (Å²) in [6, 6.07) is 2.35. The van der Waals surface area contributed by atoms with Crippen LogP contribution in [0.2, 0.25) is 0 Å². The number of hydrogen-bond acceptors (Lipinski definition) is 2. The van der Waals surface area contributed by atoms with Gasteiger partial charge in [0.05, 0.1) is 0 Å². The molecule has 0 amide bonds. The molecule has 0 saturated heterocycles. The third kappa shape index (κ3) is 3.81. The lowest BCUT2D eigenvalue weighted by molar-refractivity contribution is 0.642. The molecule has 0 radical (unpaired) electrons. The molecule has 0 spiro atoms. The Kier molecular flexibility index (Phi) is 5.20. The van der Waals surface area contributed by atoms with E-state index in [-0.39, 0.29) is 0 Å². The highest BCUT2D eigenvalue weighted by Gasteiger charge is 2.01. The minimum atomic E-state index is 1.15. The van der Waals surface area contributed by atoms with Gasteiger partial charge in [0.2, 0.25) is 0 Å². The molecule has 0 aliphatic carbocycles. The molecule has 0 aliphatic rings. The summed E-state index contributed by atoms with van der Waals surface area (Å²) in [6.45, 7) is 5.59. The maximum Gasteiger partial charge on any atom is 0.00490 e. The van der Waals surface area contributed by atoms with E-state index in [2.05, 4.69) is 25.2 Å². The summed E-state index contributed by atoms with van der Waals surface area (Å²) in [7, 11) is 2.02. The van der Waals surface area contributed by atoms with Gasteiger partial charge in [-0.1, -0.05) is 6.42 Å². The molecule has 0 atom stereocenters. The maximum atomic E-state index is 3.18. The molecule has 0 saturated carbocycles. The summed E-state index contributed by atoms with van der Waals surface area (Å²) < 4.78 is 0. The number of nitrogens with one attached hydrogen (secondary N) is 1. The van der Waals surface area contributed by atoms with Gasteiger partial charge >= 0.3 is 0 Å². The van der Waals surface area contributed by atoms with Gasteiger partial charge in [0.25, 0.3) is 0 Å². The van der Waals surface area contributed by atoms with Gasteiger partial charge in [0, 0.05) is 9.75 Å². The number of hydrogen-bond donors (Lipinski definition) is 1. The highest BCUT2D eigenvalue weighted by molar-refractivity contribution is 7.12. The van der Waals surface area contributed by atoms with Gasteiger partial charge in [0.1, 0.15) is 0 Å². The van der Waals surface area contributed by atoms with Crippen molar-refractivity contribution in [2.45, 2.75) is 39.5 Å². The second-order valence-corrected chi connectivity index (χ2v) is 5.31. The fraction of sp³-hybridized carbons (Fsp3) is 0.667. The zero-order chi connectivity index (χ0) is 10.4. The molecule has 0 aliphatic heterocycles. The van der Waals surface area contributed by atoms with E-state index in [1.54, 1.807) is 5.56 Å². The standard InChI is InChI=1S/C12H21NS/c1-10-9-12(11(2)14-10)7-5-4-6-8-13-3/h9,13H,4-8H2,1-3H3. The molecular weight excluding hydrogens is 190 g/mol. The number of unbranched alkanes of at least 4 members (excludes halogenated alkanes) is 2. The fourth-order valence-corrected chi connectivity index (χ4v) is 2.70. The first-order valence-electron chi connectivity index (χ1n) is 5.44. The predicted molar refractivity (Wildman–Crippen MR) is 65.3 cm³/mol. The molecule has 1 nitrogen and oxygen atoms in total. The van der Waals surface area contributed by atoms with E-state index >= 15 is 0 Å². The third-order valence-corrected chi connectivity index (χ3v) is 3.52. The summed E-state index contributed by atoms with van der Waals surface area (Å²) in [5.41, 5.74) is 1.57. The fourth-order valence-electron chi connectivity index (χ4n) is 1.73. The lowest BCUT2D eigenvalue weighted by Crippen LogP contribution is -2.07. The normalized spacial score (nSPS) is 10.8. The van der Waals surface area contributed by atoms with Gasteiger partial charge in [-0.2, -0.15) is 0 Å². The topological polar surface area (TPSA) is 12.0 Å². The first-order valence-corrected chi connectivity index (χ1v) is 6.26. The van der Waals surface area contributed by atoms with Crippen LogP contribution in [0.1, 0.15) is 34.6 Å². The van der Waals surface area contributed by atoms with Crippen LogP contribution in [-0.2, 0) is 6.42 Å². The number of thiophene rings is 1. The lowest BCUT2D eigenvalue weighted by atomic mass is 10.1. The Hall–Kier alpha value is -0.340. The Bertz CT molecular complexity index is 265. The average Bonchev–Trinajstić information content (AvgIpc) is 2.45. The highest BCUT2D eigenvalue weighted by atomic mass is 32.1. The van der Waals surface area contributed by atoms with Crippen LogP contribution in [0.3, 0.4) is 0 Å². The van der Waals surface area contributed by atoms with E-state index in [1.165, 1.54) is 35.4 Å². The van der Waals surface area contributed by atoms with E-state index in [0.29, 0.717) is 0 Å². The van der Waals surface area contributed by atoms with E-state index in [9.17, 15) is 0 Å². The Balaban J connectivity index is 2.21. The second-order valence-electron chi connectivity index (χ2n) is 3.85. The Morgan fingerprint density at radius 2 is 2.00 bits per heavy atom. The number of aryl methyl sites for hydroxylation is 3. The first kappa shape index (κ1) is 11.7. The van der Waals surface area contributed by atoms with E-state index in [4.69, 9.17) is 0 Å². The average molecular weight is 211 g/mol. The highest BCUT2D eigenvalue weighted by Crippen LogP contribution is 2.22. The molecule has 0 fully saturated rings. The minimum Gasteiger partial charge on any atom is -0.320 e. The van der Waals surface area contributed by atoms with Crippen LogP contribution in [0, 0.1) is 13.8 Å². The van der Waals surface area contributed by atoms with Crippen molar-refractivity contribution >= 4 is 11.3 Å². The molecule has 1 heterocycles. The predicted octanol–water partition coefficient (Wildman–Crippen LogP) is 3.30.